The van der Waals surface area contributed by atoms with Crippen LogP contribution in [0.4, 0.5) is 5.69 Å². The summed E-state index contributed by atoms with van der Waals surface area (Å²) in [6.45, 7) is 5.42. The zero-order valence-corrected chi connectivity index (χ0v) is 17.9. The van der Waals surface area contributed by atoms with Crippen molar-refractivity contribution in [2.24, 2.45) is 0 Å². The Bertz CT molecular complexity index is 941. The molecule has 0 bridgehead atoms. The van der Waals surface area contributed by atoms with Gasteiger partial charge in [-0.25, -0.2) is 5.10 Å². The van der Waals surface area contributed by atoms with Gasteiger partial charge in [0.25, 0.3) is 5.56 Å². The fraction of sp³-hybridized carbons (Fsp3) is 0.391. The van der Waals surface area contributed by atoms with Crippen molar-refractivity contribution in [3.63, 3.8) is 0 Å². The minimum atomic E-state index is -0.155. The second kappa shape index (κ2) is 12.2. The Balaban J connectivity index is 0.00000300. The van der Waals surface area contributed by atoms with Crippen molar-refractivity contribution in [2.45, 2.75) is 39.0 Å². The van der Waals surface area contributed by atoms with E-state index in [1.165, 1.54) is 25.7 Å². The first kappa shape index (κ1) is 22.9. The lowest BCUT2D eigenvalue weighted by atomic mass is 10.0. The van der Waals surface area contributed by atoms with E-state index >= 15 is 0 Å². The Kier molecular flexibility index (Phi) is 9.68. The van der Waals surface area contributed by atoms with Gasteiger partial charge in [-0.1, -0.05) is 50.1 Å². The minimum absolute atomic E-state index is 0. The highest BCUT2D eigenvalue weighted by Gasteiger charge is 2.08. The van der Waals surface area contributed by atoms with E-state index < -0.39 is 0 Å². The summed E-state index contributed by atoms with van der Waals surface area (Å²) in [5.41, 5.74) is 2.73. The van der Waals surface area contributed by atoms with Crippen molar-refractivity contribution in [1.29, 1.82) is 0 Å². The largest absolute Gasteiger partial charge is 0.385 e. The molecule has 0 aliphatic heterocycles. The molecule has 3 rings (SSSR count). The van der Waals surface area contributed by atoms with Crippen LogP contribution in [0.1, 0.15) is 39.0 Å². The molecular weight excluding hydrogens is 384 g/mol. The summed E-state index contributed by atoms with van der Waals surface area (Å²) >= 11 is 0. The SMILES string of the molecule is CCCCNCCCCCNc1cccc(-c2n[nH]c(=O)c3ccccc23)c1.Cl. The number of rotatable bonds is 11. The number of H-pyrrole nitrogens is 1. The number of halogens is 1. The molecule has 1 heterocycles. The van der Waals surface area contributed by atoms with Gasteiger partial charge in [0.2, 0.25) is 0 Å². The normalized spacial score (nSPS) is 10.7. The van der Waals surface area contributed by atoms with E-state index in [-0.39, 0.29) is 18.0 Å². The molecular formula is C23H31ClN4O. The van der Waals surface area contributed by atoms with Crippen LogP contribution in [-0.4, -0.2) is 29.8 Å². The topological polar surface area (TPSA) is 69.8 Å². The van der Waals surface area contributed by atoms with Crippen LogP contribution in [0.15, 0.2) is 53.3 Å². The maximum absolute atomic E-state index is 12.0. The highest BCUT2D eigenvalue weighted by atomic mass is 35.5. The minimum Gasteiger partial charge on any atom is -0.385 e. The standard InChI is InChI=1S/C23H30N4O.ClH/c1-2-3-14-24-15-7-4-8-16-25-19-11-9-10-18(17-19)22-20-12-5-6-13-21(20)23(28)27-26-22;/h5-6,9-13,17,24-25H,2-4,7-8,14-16H2,1H3,(H,27,28);1H. The molecule has 3 aromatic rings. The van der Waals surface area contributed by atoms with E-state index in [1.54, 1.807) is 0 Å². The smallest absolute Gasteiger partial charge is 0.272 e. The van der Waals surface area contributed by atoms with E-state index in [2.05, 4.69) is 39.9 Å². The molecule has 0 spiro atoms. The fourth-order valence-corrected chi connectivity index (χ4v) is 3.32. The lowest BCUT2D eigenvalue weighted by Gasteiger charge is -2.10. The van der Waals surface area contributed by atoms with Crippen LogP contribution >= 0.6 is 12.4 Å². The molecule has 0 aliphatic carbocycles. The van der Waals surface area contributed by atoms with Crippen LogP contribution in [0.5, 0.6) is 0 Å². The number of nitrogens with zero attached hydrogens (tertiary/aromatic N) is 1. The summed E-state index contributed by atoms with van der Waals surface area (Å²) in [5.74, 6) is 0. The average molecular weight is 415 g/mol. The molecule has 0 fully saturated rings. The summed E-state index contributed by atoms with van der Waals surface area (Å²) in [5, 5.41) is 15.4. The maximum atomic E-state index is 12.0. The molecule has 29 heavy (non-hydrogen) atoms. The van der Waals surface area contributed by atoms with Crippen molar-refractivity contribution in [3.05, 3.63) is 58.9 Å². The van der Waals surface area contributed by atoms with Crippen LogP contribution in [0, 0.1) is 0 Å². The quantitative estimate of drug-likeness (QED) is 0.387. The second-order valence-electron chi connectivity index (χ2n) is 7.12. The van der Waals surface area contributed by atoms with E-state index in [0.29, 0.717) is 5.39 Å². The number of benzene rings is 2. The number of aromatic amines is 1. The summed E-state index contributed by atoms with van der Waals surface area (Å²) in [6, 6.07) is 15.8. The zero-order valence-electron chi connectivity index (χ0n) is 17.0. The molecule has 0 atom stereocenters. The first-order valence-corrected chi connectivity index (χ1v) is 10.3. The van der Waals surface area contributed by atoms with Gasteiger partial charge in [0, 0.05) is 23.2 Å². The molecule has 2 aromatic carbocycles. The number of hydrogen-bond acceptors (Lipinski definition) is 4. The van der Waals surface area contributed by atoms with Gasteiger partial charge in [-0.15, -0.1) is 12.4 Å². The lowest BCUT2D eigenvalue weighted by molar-refractivity contribution is 0.591. The van der Waals surface area contributed by atoms with E-state index in [9.17, 15) is 4.79 Å². The van der Waals surface area contributed by atoms with E-state index in [4.69, 9.17) is 0 Å². The lowest BCUT2D eigenvalue weighted by Crippen LogP contribution is -2.16. The Morgan fingerprint density at radius 1 is 0.897 bits per heavy atom. The van der Waals surface area contributed by atoms with Crippen molar-refractivity contribution < 1.29 is 0 Å². The van der Waals surface area contributed by atoms with Crippen LogP contribution in [0.3, 0.4) is 0 Å². The number of nitrogens with one attached hydrogen (secondary N) is 3. The third kappa shape index (κ3) is 6.58. The molecule has 0 saturated carbocycles. The number of aromatic nitrogens is 2. The Morgan fingerprint density at radius 3 is 2.48 bits per heavy atom. The van der Waals surface area contributed by atoms with Gasteiger partial charge in [0.1, 0.15) is 0 Å². The maximum Gasteiger partial charge on any atom is 0.272 e. The average Bonchev–Trinajstić information content (AvgIpc) is 2.73. The van der Waals surface area contributed by atoms with Gasteiger partial charge in [0.15, 0.2) is 0 Å². The highest BCUT2D eigenvalue weighted by Crippen LogP contribution is 2.26. The van der Waals surface area contributed by atoms with E-state index in [1.807, 2.05) is 36.4 Å². The first-order chi connectivity index (χ1) is 13.8. The predicted molar refractivity (Wildman–Crippen MR) is 125 cm³/mol. The molecule has 0 aliphatic rings. The number of fused-ring (bicyclic) bond motifs is 1. The molecule has 3 N–H and O–H groups in total. The highest BCUT2D eigenvalue weighted by molar-refractivity contribution is 5.94. The van der Waals surface area contributed by atoms with Gasteiger partial charge in [-0.05, 0) is 50.6 Å². The number of hydrogen-bond donors (Lipinski definition) is 3. The van der Waals surface area contributed by atoms with Gasteiger partial charge in [0.05, 0.1) is 11.1 Å². The molecule has 0 unspecified atom stereocenters. The van der Waals surface area contributed by atoms with Crippen molar-refractivity contribution in [1.82, 2.24) is 15.5 Å². The van der Waals surface area contributed by atoms with Crippen LogP contribution in [0.25, 0.3) is 22.0 Å². The van der Waals surface area contributed by atoms with Crippen molar-refractivity contribution >= 4 is 28.9 Å². The fourth-order valence-electron chi connectivity index (χ4n) is 3.32. The molecule has 156 valence electrons. The van der Waals surface area contributed by atoms with Crippen molar-refractivity contribution in [2.75, 3.05) is 25.0 Å². The van der Waals surface area contributed by atoms with E-state index in [0.717, 1.165) is 48.4 Å². The van der Waals surface area contributed by atoms with Gasteiger partial charge >= 0.3 is 0 Å². The Morgan fingerprint density at radius 2 is 1.66 bits per heavy atom. The summed E-state index contributed by atoms with van der Waals surface area (Å²) in [7, 11) is 0. The summed E-state index contributed by atoms with van der Waals surface area (Å²) in [4.78, 5) is 12.0. The zero-order chi connectivity index (χ0) is 19.6. The second-order valence-corrected chi connectivity index (χ2v) is 7.12. The summed E-state index contributed by atoms with van der Waals surface area (Å²) in [6.07, 6.45) is 6.11. The summed E-state index contributed by atoms with van der Waals surface area (Å²) < 4.78 is 0. The molecule has 0 saturated heterocycles. The van der Waals surface area contributed by atoms with Gasteiger partial charge < -0.3 is 10.6 Å². The Labute approximate surface area is 178 Å². The third-order valence-electron chi connectivity index (χ3n) is 4.90. The number of anilines is 1. The van der Waals surface area contributed by atoms with Gasteiger partial charge in [-0.3, -0.25) is 4.79 Å². The predicted octanol–water partition coefficient (Wildman–Crippen LogP) is 4.98. The van der Waals surface area contributed by atoms with Crippen LogP contribution in [-0.2, 0) is 0 Å². The monoisotopic (exact) mass is 414 g/mol. The Hall–Kier alpha value is -2.37. The first-order valence-electron chi connectivity index (χ1n) is 10.3. The molecule has 5 nitrogen and oxygen atoms in total. The number of unbranched alkanes of at least 4 members (excludes halogenated alkanes) is 3. The molecule has 1 aromatic heterocycles. The molecule has 6 heteroatoms. The van der Waals surface area contributed by atoms with Crippen molar-refractivity contribution in [3.8, 4) is 11.3 Å². The molecule has 0 amide bonds. The third-order valence-corrected chi connectivity index (χ3v) is 4.90. The molecule has 0 radical (unpaired) electrons. The van der Waals surface area contributed by atoms with Gasteiger partial charge in [-0.2, -0.15) is 5.10 Å². The van der Waals surface area contributed by atoms with Crippen LogP contribution in [0.2, 0.25) is 0 Å². The van der Waals surface area contributed by atoms with Crippen LogP contribution < -0.4 is 16.2 Å².